The number of fused-ring (bicyclic) bond motifs is 1. The van der Waals surface area contributed by atoms with E-state index in [2.05, 4.69) is 10.8 Å². The number of carbonyl (C=O) groups is 1. The number of aryl methyl sites for hydroxylation is 1. The number of carboxylic acids is 1. The van der Waals surface area contributed by atoms with Crippen LogP contribution in [0.1, 0.15) is 15.9 Å². The Bertz CT molecular complexity index is 1040. The molecular formula is C18H14NO4S. The summed E-state index contributed by atoms with van der Waals surface area (Å²) < 4.78 is 27.7. The smallest absolute Gasteiger partial charge is 0.337 e. The SMILES string of the molecule is Cc1[c]ccc(S(=O)(=O)Nc2c(C(=O)O)ccc3ccccc23)c1. The predicted molar refractivity (Wildman–Crippen MR) is 91.7 cm³/mol. The van der Waals surface area contributed by atoms with Crippen molar-refractivity contribution < 1.29 is 18.3 Å². The van der Waals surface area contributed by atoms with Crippen LogP contribution in [0.2, 0.25) is 0 Å². The van der Waals surface area contributed by atoms with Gasteiger partial charge in [0.2, 0.25) is 0 Å². The lowest BCUT2D eigenvalue weighted by Crippen LogP contribution is -2.16. The second-order valence-electron chi connectivity index (χ2n) is 5.33. The van der Waals surface area contributed by atoms with E-state index in [-0.39, 0.29) is 16.1 Å². The number of nitrogens with one attached hydrogen (secondary N) is 1. The van der Waals surface area contributed by atoms with Crippen LogP contribution in [0.5, 0.6) is 0 Å². The molecule has 121 valence electrons. The van der Waals surface area contributed by atoms with E-state index in [1.165, 1.54) is 24.3 Å². The molecule has 2 N–H and O–H groups in total. The number of anilines is 1. The summed E-state index contributed by atoms with van der Waals surface area (Å²) in [5.74, 6) is -1.20. The van der Waals surface area contributed by atoms with Crippen LogP contribution in [0.4, 0.5) is 5.69 Å². The van der Waals surface area contributed by atoms with Crippen molar-refractivity contribution in [1.29, 1.82) is 0 Å². The van der Waals surface area contributed by atoms with Gasteiger partial charge in [-0.1, -0.05) is 36.4 Å². The highest BCUT2D eigenvalue weighted by Crippen LogP contribution is 2.30. The molecule has 1 radical (unpaired) electrons. The molecule has 0 aliphatic heterocycles. The molecule has 0 heterocycles. The molecule has 3 aromatic rings. The molecule has 6 heteroatoms. The number of aromatic carboxylic acids is 1. The molecule has 5 nitrogen and oxygen atoms in total. The highest BCUT2D eigenvalue weighted by Gasteiger charge is 2.20. The highest BCUT2D eigenvalue weighted by molar-refractivity contribution is 7.92. The molecule has 0 aliphatic carbocycles. The molecule has 0 saturated carbocycles. The van der Waals surface area contributed by atoms with Crippen LogP contribution in [-0.2, 0) is 10.0 Å². The highest BCUT2D eigenvalue weighted by atomic mass is 32.2. The zero-order chi connectivity index (χ0) is 17.3. The van der Waals surface area contributed by atoms with Crippen molar-refractivity contribution in [3.8, 4) is 0 Å². The number of sulfonamides is 1. The van der Waals surface area contributed by atoms with Crippen LogP contribution in [0.25, 0.3) is 10.8 Å². The topological polar surface area (TPSA) is 83.5 Å². The fourth-order valence-corrected chi connectivity index (χ4v) is 3.66. The molecule has 3 rings (SSSR count). The average Bonchev–Trinajstić information content (AvgIpc) is 2.54. The molecule has 0 unspecified atom stereocenters. The van der Waals surface area contributed by atoms with Gasteiger partial charge in [-0.05, 0) is 42.1 Å². The summed E-state index contributed by atoms with van der Waals surface area (Å²) in [5.41, 5.74) is 0.636. The molecule has 0 spiro atoms. The maximum absolute atomic E-state index is 12.7. The molecule has 0 bridgehead atoms. The van der Waals surface area contributed by atoms with Gasteiger partial charge in [0.25, 0.3) is 10.0 Å². The van der Waals surface area contributed by atoms with Crippen molar-refractivity contribution >= 4 is 32.5 Å². The monoisotopic (exact) mass is 340 g/mol. The van der Waals surface area contributed by atoms with E-state index in [0.717, 1.165) is 5.39 Å². The predicted octanol–water partition coefficient (Wildman–Crippen LogP) is 3.45. The summed E-state index contributed by atoms with van der Waals surface area (Å²) in [6.45, 7) is 1.74. The van der Waals surface area contributed by atoms with Crippen LogP contribution in [0.3, 0.4) is 0 Å². The minimum Gasteiger partial charge on any atom is -0.478 e. The first-order valence-electron chi connectivity index (χ1n) is 7.15. The summed E-state index contributed by atoms with van der Waals surface area (Å²) in [7, 11) is -3.92. The van der Waals surface area contributed by atoms with Gasteiger partial charge in [-0.15, -0.1) is 0 Å². The van der Waals surface area contributed by atoms with Crippen molar-refractivity contribution in [1.82, 2.24) is 0 Å². The second kappa shape index (κ2) is 5.98. The standard InChI is InChI=1S/C18H14NO4S/c1-12-5-4-7-14(11-12)24(22,23)19-17-15-8-3-2-6-13(15)9-10-16(17)18(20)21/h2-4,6-11,19H,1H3,(H,20,21). The molecule has 0 amide bonds. The van der Waals surface area contributed by atoms with E-state index >= 15 is 0 Å². The van der Waals surface area contributed by atoms with Crippen molar-refractivity contribution in [3.05, 3.63) is 71.8 Å². The van der Waals surface area contributed by atoms with Gasteiger partial charge in [-0.25, -0.2) is 13.2 Å². The van der Waals surface area contributed by atoms with Crippen LogP contribution < -0.4 is 4.72 Å². The van der Waals surface area contributed by atoms with Gasteiger partial charge in [0.15, 0.2) is 0 Å². The Hall–Kier alpha value is -2.86. The number of benzene rings is 3. The van der Waals surface area contributed by atoms with E-state index in [9.17, 15) is 18.3 Å². The zero-order valence-corrected chi connectivity index (χ0v) is 13.6. The van der Waals surface area contributed by atoms with Gasteiger partial charge in [-0.3, -0.25) is 4.72 Å². The first kappa shape index (κ1) is 16.0. The lowest BCUT2D eigenvalue weighted by molar-refractivity contribution is 0.0698. The van der Waals surface area contributed by atoms with Gasteiger partial charge in [0, 0.05) is 5.39 Å². The Kier molecular flexibility index (Phi) is 3.99. The molecule has 0 aliphatic rings. The summed E-state index contributed by atoms with van der Waals surface area (Å²) in [5, 5.41) is 10.7. The largest absolute Gasteiger partial charge is 0.478 e. The van der Waals surface area contributed by atoms with Gasteiger partial charge in [0.05, 0.1) is 16.1 Å². The molecular weight excluding hydrogens is 326 g/mol. The van der Waals surface area contributed by atoms with E-state index in [0.29, 0.717) is 10.9 Å². The first-order chi connectivity index (χ1) is 11.4. The molecule has 3 aromatic carbocycles. The normalized spacial score (nSPS) is 11.4. The van der Waals surface area contributed by atoms with E-state index in [1.54, 1.807) is 37.3 Å². The van der Waals surface area contributed by atoms with Gasteiger partial charge < -0.3 is 5.11 Å². The third-order valence-electron chi connectivity index (χ3n) is 3.62. The molecule has 0 saturated heterocycles. The van der Waals surface area contributed by atoms with E-state index in [4.69, 9.17) is 0 Å². The lowest BCUT2D eigenvalue weighted by Gasteiger charge is -2.14. The Labute approximate surface area is 139 Å². The Balaban J connectivity index is 2.18. The number of carboxylic acid groups (broad SMARTS) is 1. The second-order valence-corrected chi connectivity index (χ2v) is 7.01. The average molecular weight is 340 g/mol. The van der Waals surface area contributed by atoms with Crippen LogP contribution in [0.15, 0.2) is 59.5 Å². The van der Waals surface area contributed by atoms with Gasteiger partial charge in [0.1, 0.15) is 0 Å². The van der Waals surface area contributed by atoms with Crippen molar-refractivity contribution in [2.75, 3.05) is 4.72 Å². The Morgan fingerprint density at radius 2 is 1.88 bits per heavy atom. The Morgan fingerprint density at radius 3 is 2.58 bits per heavy atom. The third-order valence-corrected chi connectivity index (χ3v) is 4.97. The third kappa shape index (κ3) is 2.96. The van der Waals surface area contributed by atoms with Crippen molar-refractivity contribution in [3.63, 3.8) is 0 Å². The van der Waals surface area contributed by atoms with Crippen LogP contribution in [-0.4, -0.2) is 19.5 Å². The molecule has 0 fully saturated rings. The van der Waals surface area contributed by atoms with Crippen molar-refractivity contribution in [2.24, 2.45) is 0 Å². The minimum atomic E-state index is -3.92. The fourth-order valence-electron chi connectivity index (χ4n) is 2.48. The minimum absolute atomic E-state index is 0.0584. The quantitative estimate of drug-likeness (QED) is 0.762. The zero-order valence-electron chi connectivity index (χ0n) is 12.8. The molecule has 0 aromatic heterocycles. The van der Waals surface area contributed by atoms with Crippen LogP contribution >= 0.6 is 0 Å². The molecule has 24 heavy (non-hydrogen) atoms. The fraction of sp³-hybridized carbons (Fsp3) is 0.0556. The summed E-state index contributed by atoms with van der Waals surface area (Å²) in [6, 6.07) is 17.4. The lowest BCUT2D eigenvalue weighted by atomic mass is 10.0. The van der Waals surface area contributed by atoms with Crippen molar-refractivity contribution in [2.45, 2.75) is 11.8 Å². The van der Waals surface area contributed by atoms with Gasteiger partial charge in [-0.2, -0.15) is 0 Å². The Morgan fingerprint density at radius 1 is 1.12 bits per heavy atom. The maximum atomic E-state index is 12.7. The number of rotatable bonds is 4. The first-order valence-corrected chi connectivity index (χ1v) is 8.63. The summed E-state index contributed by atoms with van der Waals surface area (Å²) in [6.07, 6.45) is 0. The molecule has 0 atom stereocenters. The van der Waals surface area contributed by atoms with Crippen LogP contribution in [0, 0.1) is 13.0 Å². The number of hydrogen-bond acceptors (Lipinski definition) is 3. The van der Waals surface area contributed by atoms with Gasteiger partial charge >= 0.3 is 5.97 Å². The summed E-state index contributed by atoms with van der Waals surface area (Å²) in [4.78, 5) is 11.6. The van der Waals surface area contributed by atoms with E-state index < -0.39 is 16.0 Å². The summed E-state index contributed by atoms with van der Waals surface area (Å²) >= 11 is 0. The van der Waals surface area contributed by atoms with E-state index in [1.807, 2.05) is 0 Å². The maximum Gasteiger partial charge on any atom is 0.337 e. The number of hydrogen-bond donors (Lipinski definition) is 2.